The van der Waals surface area contributed by atoms with Crippen LogP contribution in [0.25, 0.3) is 0 Å². The Morgan fingerprint density at radius 1 is 1.57 bits per heavy atom. The van der Waals surface area contributed by atoms with Crippen LogP contribution in [0.3, 0.4) is 0 Å². The van der Waals surface area contributed by atoms with Gasteiger partial charge in [-0.2, -0.15) is 0 Å². The summed E-state index contributed by atoms with van der Waals surface area (Å²) >= 11 is 0. The van der Waals surface area contributed by atoms with Crippen molar-refractivity contribution in [2.75, 3.05) is 17.7 Å². The van der Waals surface area contributed by atoms with Gasteiger partial charge in [-0.05, 0) is 12.0 Å². The zero-order chi connectivity index (χ0) is 10.6. The molecule has 0 saturated heterocycles. The van der Waals surface area contributed by atoms with Crippen molar-refractivity contribution in [3.8, 4) is 0 Å². The van der Waals surface area contributed by atoms with E-state index >= 15 is 0 Å². The van der Waals surface area contributed by atoms with E-state index in [0.717, 1.165) is 5.69 Å². The Balaban J connectivity index is 2.72. The highest BCUT2D eigenvalue weighted by molar-refractivity contribution is 5.64. The number of nitrogens with one attached hydrogen (secondary N) is 1. The van der Waals surface area contributed by atoms with Crippen LogP contribution >= 0.6 is 0 Å². The molecule has 0 saturated carbocycles. The number of nitrogen functional groups attached to an aromatic ring is 1. The number of aliphatic hydroxyl groups is 1. The van der Waals surface area contributed by atoms with Crippen molar-refractivity contribution in [2.45, 2.75) is 19.9 Å². The molecule has 0 bridgehead atoms. The molecule has 0 unspecified atom stereocenters. The van der Waals surface area contributed by atoms with Crippen LogP contribution in [0.4, 0.5) is 11.4 Å². The van der Waals surface area contributed by atoms with Crippen LogP contribution < -0.4 is 11.1 Å². The maximum Gasteiger partial charge on any atom is 0.0736 e. The summed E-state index contributed by atoms with van der Waals surface area (Å²) < 4.78 is 0. The summed E-state index contributed by atoms with van der Waals surface area (Å²) in [5.74, 6) is 0.354. The number of rotatable bonds is 4. The predicted octanol–water partition coefficient (Wildman–Crippen LogP) is 1.09. The minimum absolute atomic E-state index is 0.0275. The molecule has 4 N–H and O–H groups in total. The second-order valence-corrected chi connectivity index (χ2v) is 3.64. The summed E-state index contributed by atoms with van der Waals surface area (Å²) in [7, 11) is 0. The molecular weight excluding hydrogens is 178 g/mol. The lowest BCUT2D eigenvalue weighted by atomic mass is 10.1. The number of hydrogen-bond donors (Lipinski definition) is 3. The minimum Gasteiger partial charge on any atom is -0.396 e. The predicted molar refractivity (Wildman–Crippen MR) is 58.0 cm³/mol. The Bertz CT molecular complexity index is 288. The SMILES string of the molecule is CC(C)[C@@H](CO)Nc1ccncc1N. The lowest BCUT2D eigenvalue weighted by Gasteiger charge is -2.21. The second-order valence-electron chi connectivity index (χ2n) is 3.64. The highest BCUT2D eigenvalue weighted by Gasteiger charge is 2.12. The van der Waals surface area contributed by atoms with E-state index in [-0.39, 0.29) is 12.6 Å². The van der Waals surface area contributed by atoms with E-state index in [1.807, 2.05) is 13.8 Å². The summed E-state index contributed by atoms with van der Waals surface area (Å²) in [5.41, 5.74) is 7.15. The fourth-order valence-electron chi connectivity index (χ4n) is 1.16. The monoisotopic (exact) mass is 195 g/mol. The van der Waals surface area contributed by atoms with Gasteiger partial charge in [-0.15, -0.1) is 0 Å². The first-order chi connectivity index (χ1) is 6.65. The average Bonchev–Trinajstić information content (AvgIpc) is 2.16. The van der Waals surface area contributed by atoms with E-state index in [4.69, 9.17) is 10.8 Å². The molecule has 1 rings (SSSR count). The van der Waals surface area contributed by atoms with Crippen molar-refractivity contribution >= 4 is 11.4 Å². The molecule has 1 aromatic rings. The Kier molecular flexibility index (Phi) is 3.71. The van der Waals surface area contributed by atoms with Gasteiger partial charge in [0.25, 0.3) is 0 Å². The van der Waals surface area contributed by atoms with Crippen molar-refractivity contribution in [1.29, 1.82) is 0 Å². The van der Waals surface area contributed by atoms with E-state index in [2.05, 4.69) is 10.3 Å². The molecule has 0 radical (unpaired) electrons. The Labute approximate surface area is 84.2 Å². The van der Waals surface area contributed by atoms with Crippen LogP contribution in [0.5, 0.6) is 0 Å². The van der Waals surface area contributed by atoms with Gasteiger partial charge < -0.3 is 16.2 Å². The molecule has 4 nitrogen and oxygen atoms in total. The molecule has 14 heavy (non-hydrogen) atoms. The van der Waals surface area contributed by atoms with Gasteiger partial charge in [-0.1, -0.05) is 13.8 Å². The number of hydrogen-bond acceptors (Lipinski definition) is 4. The summed E-state index contributed by atoms with van der Waals surface area (Å²) in [6, 6.07) is 1.83. The maximum absolute atomic E-state index is 9.13. The van der Waals surface area contributed by atoms with Gasteiger partial charge in [-0.25, -0.2) is 0 Å². The summed E-state index contributed by atoms with van der Waals surface area (Å²) in [6.45, 7) is 4.19. The number of nitrogens with two attached hydrogens (primary N) is 1. The fourth-order valence-corrected chi connectivity index (χ4v) is 1.16. The van der Waals surface area contributed by atoms with Crippen LogP contribution in [0, 0.1) is 5.92 Å². The average molecular weight is 195 g/mol. The van der Waals surface area contributed by atoms with Crippen LogP contribution in [0.1, 0.15) is 13.8 Å². The number of nitrogens with zero attached hydrogens (tertiary/aromatic N) is 1. The molecule has 1 heterocycles. The first-order valence-corrected chi connectivity index (χ1v) is 4.72. The number of anilines is 2. The first-order valence-electron chi connectivity index (χ1n) is 4.72. The van der Waals surface area contributed by atoms with Crippen molar-refractivity contribution < 1.29 is 5.11 Å². The van der Waals surface area contributed by atoms with Crippen LogP contribution in [0.15, 0.2) is 18.5 Å². The molecule has 78 valence electrons. The minimum atomic E-state index is 0.0275. The quantitative estimate of drug-likeness (QED) is 0.672. The largest absolute Gasteiger partial charge is 0.396 e. The Hall–Kier alpha value is -1.29. The third-order valence-electron chi connectivity index (χ3n) is 2.19. The van der Waals surface area contributed by atoms with Crippen molar-refractivity contribution in [3.63, 3.8) is 0 Å². The normalized spacial score (nSPS) is 12.9. The van der Waals surface area contributed by atoms with Gasteiger partial charge in [0.2, 0.25) is 0 Å². The fraction of sp³-hybridized carbons (Fsp3) is 0.500. The third-order valence-corrected chi connectivity index (χ3v) is 2.19. The highest BCUT2D eigenvalue weighted by Crippen LogP contribution is 2.18. The van der Waals surface area contributed by atoms with Crippen molar-refractivity contribution in [3.05, 3.63) is 18.5 Å². The third kappa shape index (κ3) is 2.60. The number of pyridine rings is 1. The van der Waals surface area contributed by atoms with Gasteiger partial charge in [-0.3, -0.25) is 4.98 Å². The summed E-state index contributed by atoms with van der Waals surface area (Å²) in [4.78, 5) is 3.90. The lowest BCUT2D eigenvalue weighted by molar-refractivity contribution is 0.249. The zero-order valence-corrected chi connectivity index (χ0v) is 8.57. The van der Waals surface area contributed by atoms with E-state index in [1.54, 1.807) is 18.5 Å². The molecule has 0 amide bonds. The number of aromatic nitrogens is 1. The van der Waals surface area contributed by atoms with Gasteiger partial charge in [0.1, 0.15) is 0 Å². The van der Waals surface area contributed by atoms with Crippen molar-refractivity contribution in [2.24, 2.45) is 5.92 Å². The molecule has 0 aliphatic heterocycles. The van der Waals surface area contributed by atoms with Crippen LogP contribution in [-0.4, -0.2) is 22.7 Å². The molecule has 4 heteroatoms. The van der Waals surface area contributed by atoms with Gasteiger partial charge >= 0.3 is 0 Å². The molecule has 0 fully saturated rings. The molecule has 1 atom stereocenters. The van der Waals surface area contributed by atoms with Crippen LogP contribution in [0.2, 0.25) is 0 Å². The smallest absolute Gasteiger partial charge is 0.0736 e. The molecule has 0 spiro atoms. The summed E-state index contributed by atoms with van der Waals surface area (Å²) in [5, 5.41) is 12.3. The van der Waals surface area contributed by atoms with E-state index in [9.17, 15) is 0 Å². The lowest BCUT2D eigenvalue weighted by Crippen LogP contribution is -2.29. The molecule has 0 aromatic carbocycles. The van der Waals surface area contributed by atoms with E-state index < -0.39 is 0 Å². The van der Waals surface area contributed by atoms with E-state index in [1.165, 1.54) is 0 Å². The van der Waals surface area contributed by atoms with Gasteiger partial charge in [0.05, 0.1) is 30.2 Å². The van der Waals surface area contributed by atoms with E-state index in [0.29, 0.717) is 11.6 Å². The topological polar surface area (TPSA) is 71.2 Å². The maximum atomic E-state index is 9.13. The summed E-state index contributed by atoms with van der Waals surface area (Å²) in [6.07, 6.45) is 3.27. The molecule has 1 aromatic heterocycles. The number of aliphatic hydroxyl groups excluding tert-OH is 1. The molecule has 0 aliphatic carbocycles. The Morgan fingerprint density at radius 3 is 2.79 bits per heavy atom. The van der Waals surface area contributed by atoms with Gasteiger partial charge in [0, 0.05) is 6.20 Å². The van der Waals surface area contributed by atoms with Crippen LogP contribution in [-0.2, 0) is 0 Å². The van der Waals surface area contributed by atoms with Gasteiger partial charge in [0.15, 0.2) is 0 Å². The highest BCUT2D eigenvalue weighted by atomic mass is 16.3. The second kappa shape index (κ2) is 4.81. The molecular formula is C10H17N3O. The zero-order valence-electron chi connectivity index (χ0n) is 8.57. The first kappa shape index (κ1) is 10.8. The molecule has 0 aliphatic rings. The van der Waals surface area contributed by atoms with Crippen molar-refractivity contribution in [1.82, 2.24) is 4.98 Å². The standard InChI is InChI=1S/C10H17N3O/c1-7(2)10(6-14)13-9-3-4-12-5-8(9)11/h3-5,7,10,14H,6,11H2,1-2H3,(H,12,13)/t10-/m1/s1. The Morgan fingerprint density at radius 2 is 2.29 bits per heavy atom.